The van der Waals surface area contributed by atoms with Crippen LogP contribution in [0.3, 0.4) is 0 Å². The molecule has 10 heavy (non-hydrogen) atoms. The van der Waals surface area contributed by atoms with E-state index in [0.29, 0.717) is 0 Å². The second-order valence-electron chi connectivity index (χ2n) is 2.64. The molecule has 1 atom stereocenters. The van der Waals surface area contributed by atoms with E-state index >= 15 is 0 Å². The molecule has 0 N–H and O–H groups in total. The van der Waals surface area contributed by atoms with Gasteiger partial charge < -0.3 is 9.47 Å². The number of carbonyl (C=O) groups is 1. The molecule has 4 nitrogen and oxygen atoms in total. The molecule has 0 aromatic heterocycles. The summed E-state index contributed by atoms with van der Waals surface area (Å²) in [5, 5.41) is 10.2. The van der Waals surface area contributed by atoms with E-state index in [4.69, 9.17) is 9.47 Å². The van der Waals surface area contributed by atoms with Crippen LogP contribution in [0.15, 0.2) is 0 Å². The van der Waals surface area contributed by atoms with Crippen molar-refractivity contribution in [3.8, 4) is 0 Å². The summed E-state index contributed by atoms with van der Waals surface area (Å²) in [6.07, 6.45) is -0.907. The van der Waals surface area contributed by atoms with Gasteiger partial charge >= 0.3 is 5.97 Å². The molecule has 0 aliphatic carbocycles. The van der Waals surface area contributed by atoms with Gasteiger partial charge in [0.2, 0.25) is 0 Å². The first-order valence-corrected chi connectivity index (χ1v) is 3.04. The first-order valence-electron chi connectivity index (χ1n) is 3.04. The van der Waals surface area contributed by atoms with Crippen LogP contribution in [-0.2, 0) is 19.4 Å². The Hall–Kier alpha value is -0.610. The molecule has 1 unspecified atom stereocenters. The maximum atomic E-state index is 10.2. The SMILES string of the molecule is CC1(C)OCC(C([O])=O)O1. The molecule has 1 fully saturated rings. The minimum absolute atomic E-state index is 0.0787. The van der Waals surface area contributed by atoms with Crippen molar-refractivity contribution in [3.05, 3.63) is 0 Å². The summed E-state index contributed by atoms with van der Waals surface area (Å²) < 4.78 is 9.90. The number of rotatable bonds is 1. The average molecular weight is 145 g/mol. The summed E-state index contributed by atoms with van der Waals surface area (Å²) in [5.74, 6) is -1.99. The Morgan fingerprint density at radius 3 is 2.40 bits per heavy atom. The Bertz CT molecular complexity index is 152. The van der Waals surface area contributed by atoms with E-state index < -0.39 is 17.9 Å². The summed E-state index contributed by atoms with van der Waals surface area (Å²) in [6.45, 7) is 3.40. The lowest BCUT2D eigenvalue weighted by atomic mass is 10.4. The highest BCUT2D eigenvalue weighted by molar-refractivity contribution is 5.72. The Morgan fingerprint density at radius 1 is 1.60 bits per heavy atom. The number of hydrogen-bond acceptors (Lipinski definition) is 3. The lowest BCUT2D eigenvalue weighted by Gasteiger charge is -2.14. The minimum Gasteiger partial charge on any atom is -0.347 e. The van der Waals surface area contributed by atoms with Gasteiger partial charge in [0.05, 0.1) is 6.61 Å². The summed E-state index contributed by atoms with van der Waals surface area (Å²) >= 11 is 0. The summed E-state index contributed by atoms with van der Waals surface area (Å²) in [4.78, 5) is 10.2. The van der Waals surface area contributed by atoms with Crippen LogP contribution in [0.4, 0.5) is 0 Å². The lowest BCUT2D eigenvalue weighted by molar-refractivity contribution is -0.169. The van der Waals surface area contributed by atoms with Crippen LogP contribution in [0.2, 0.25) is 0 Å². The maximum absolute atomic E-state index is 10.2. The standard InChI is InChI=1S/C6H9O4/c1-6(2)9-3-4(10-6)5(7)8/h4H,3H2,1-2H3. The molecule has 1 heterocycles. The predicted molar refractivity (Wildman–Crippen MR) is 30.6 cm³/mol. The maximum Gasteiger partial charge on any atom is 0.386 e. The largest absolute Gasteiger partial charge is 0.386 e. The van der Waals surface area contributed by atoms with E-state index in [2.05, 4.69) is 0 Å². The van der Waals surface area contributed by atoms with Crippen LogP contribution < -0.4 is 0 Å². The highest BCUT2D eigenvalue weighted by Crippen LogP contribution is 2.21. The first-order chi connectivity index (χ1) is 4.51. The Balaban J connectivity index is 2.51. The molecule has 1 rings (SSSR count). The molecular formula is C6H9O4. The number of carbonyl (C=O) groups excluding carboxylic acids is 1. The topological polar surface area (TPSA) is 55.4 Å². The molecule has 0 bridgehead atoms. The zero-order valence-electron chi connectivity index (χ0n) is 5.92. The van der Waals surface area contributed by atoms with E-state index in [9.17, 15) is 9.90 Å². The minimum atomic E-state index is -1.22. The van der Waals surface area contributed by atoms with Crippen molar-refractivity contribution in [1.29, 1.82) is 0 Å². The van der Waals surface area contributed by atoms with Gasteiger partial charge in [-0.2, -0.15) is 0 Å². The lowest BCUT2D eigenvalue weighted by Crippen LogP contribution is -2.25. The third kappa shape index (κ3) is 1.46. The van der Waals surface area contributed by atoms with Crippen LogP contribution in [-0.4, -0.2) is 24.5 Å². The van der Waals surface area contributed by atoms with E-state index in [0.717, 1.165) is 0 Å². The number of hydrogen-bond donors (Lipinski definition) is 0. The molecule has 0 aromatic rings. The van der Waals surface area contributed by atoms with Gasteiger partial charge in [-0.15, -0.1) is 0 Å². The van der Waals surface area contributed by atoms with Crippen LogP contribution in [0.25, 0.3) is 0 Å². The van der Waals surface area contributed by atoms with Crippen LogP contribution >= 0.6 is 0 Å². The molecule has 0 aromatic carbocycles. The zero-order chi connectivity index (χ0) is 7.78. The first kappa shape index (κ1) is 7.50. The molecule has 0 saturated carbocycles. The van der Waals surface area contributed by atoms with Crippen molar-refractivity contribution in [2.24, 2.45) is 0 Å². The van der Waals surface area contributed by atoms with Crippen molar-refractivity contribution in [1.82, 2.24) is 0 Å². The third-order valence-corrected chi connectivity index (χ3v) is 1.27. The second kappa shape index (κ2) is 2.21. The zero-order valence-corrected chi connectivity index (χ0v) is 5.92. The van der Waals surface area contributed by atoms with E-state index in [1.807, 2.05) is 0 Å². The summed E-state index contributed by atoms with van der Waals surface area (Å²) in [7, 11) is 0. The molecule has 4 heteroatoms. The van der Waals surface area contributed by atoms with Gasteiger partial charge in [0.1, 0.15) is 0 Å². The summed E-state index contributed by atoms with van der Waals surface area (Å²) in [6, 6.07) is 0. The van der Waals surface area contributed by atoms with Gasteiger partial charge in [0.25, 0.3) is 0 Å². The van der Waals surface area contributed by atoms with Crippen LogP contribution in [0.1, 0.15) is 13.8 Å². The van der Waals surface area contributed by atoms with Gasteiger partial charge in [-0.1, -0.05) is 0 Å². The van der Waals surface area contributed by atoms with Crippen molar-refractivity contribution in [2.45, 2.75) is 25.7 Å². The van der Waals surface area contributed by atoms with Crippen molar-refractivity contribution >= 4 is 5.97 Å². The Morgan fingerprint density at radius 2 is 2.20 bits per heavy atom. The van der Waals surface area contributed by atoms with Gasteiger partial charge in [0.15, 0.2) is 11.9 Å². The summed E-state index contributed by atoms with van der Waals surface area (Å²) in [5.41, 5.74) is 0. The highest BCUT2D eigenvalue weighted by atomic mass is 16.7. The number of ether oxygens (including phenoxy) is 2. The fourth-order valence-electron chi connectivity index (χ4n) is 0.803. The molecule has 1 saturated heterocycles. The second-order valence-corrected chi connectivity index (χ2v) is 2.64. The quantitative estimate of drug-likeness (QED) is 0.525. The van der Waals surface area contributed by atoms with Crippen molar-refractivity contribution in [2.75, 3.05) is 6.61 Å². The monoisotopic (exact) mass is 145 g/mol. The van der Waals surface area contributed by atoms with Crippen molar-refractivity contribution < 1.29 is 19.4 Å². The molecule has 1 aliphatic rings. The molecule has 0 amide bonds. The third-order valence-electron chi connectivity index (χ3n) is 1.27. The van der Waals surface area contributed by atoms with Gasteiger partial charge in [-0.25, -0.2) is 9.90 Å². The van der Waals surface area contributed by atoms with Gasteiger partial charge in [-0.3, -0.25) is 0 Å². The molecule has 0 spiro atoms. The smallest absolute Gasteiger partial charge is 0.347 e. The van der Waals surface area contributed by atoms with E-state index in [1.165, 1.54) is 0 Å². The Labute approximate surface area is 58.7 Å². The van der Waals surface area contributed by atoms with Gasteiger partial charge in [-0.05, 0) is 13.8 Å². The molecule has 1 aliphatic heterocycles. The average Bonchev–Trinajstić information content (AvgIpc) is 2.10. The van der Waals surface area contributed by atoms with Gasteiger partial charge in [0, 0.05) is 0 Å². The molecule has 1 radical (unpaired) electrons. The normalized spacial score (nSPS) is 30.4. The Kier molecular flexibility index (Phi) is 1.66. The predicted octanol–water partition coefficient (Wildman–Crippen LogP) is 0.0950. The van der Waals surface area contributed by atoms with E-state index in [1.54, 1.807) is 13.8 Å². The fourth-order valence-corrected chi connectivity index (χ4v) is 0.803. The van der Waals surface area contributed by atoms with Crippen LogP contribution in [0.5, 0.6) is 0 Å². The molecule has 57 valence electrons. The van der Waals surface area contributed by atoms with Crippen molar-refractivity contribution in [3.63, 3.8) is 0 Å². The highest BCUT2D eigenvalue weighted by Gasteiger charge is 2.37. The molecular weight excluding hydrogens is 136 g/mol. The fraction of sp³-hybridized carbons (Fsp3) is 0.833. The van der Waals surface area contributed by atoms with E-state index in [-0.39, 0.29) is 6.61 Å². The van der Waals surface area contributed by atoms with Crippen LogP contribution in [0, 0.1) is 0 Å².